The summed E-state index contributed by atoms with van der Waals surface area (Å²) >= 11 is 4.34. The van der Waals surface area contributed by atoms with Crippen LogP contribution in [0, 0.1) is 16.2 Å². The topological polar surface area (TPSA) is 29.5 Å². The number of rotatable bonds is 12. The quantitative estimate of drug-likeness (QED) is 0.186. The minimum absolute atomic E-state index is 0.0628. The van der Waals surface area contributed by atoms with Gasteiger partial charge >= 0.3 is 5.97 Å². The first-order valence-corrected chi connectivity index (χ1v) is 10.7. The van der Waals surface area contributed by atoms with Crippen molar-refractivity contribution in [1.29, 1.82) is 0 Å². The molecule has 1 unspecified atom stereocenters. The Morgan fingerprint density at radius 2 is 1.70 bits per heavy atom. The van der Waals surface area contributed by atoms with Crippen LogP contribution >= 0.6 is 12.6 Å². The van der Waals surface area contributed by atoms with Gasteiger partial charge in [0, 0.05) is 24.5 Å². The molecule has 0 heterocycles. The predicted molar refractivity (Wildman–Crippen MR) is 121 cm³/mol. The minimum atomic E-state index is -0.510. The van der Waals surface area contributed by atoms with Gasteiger partial charge in [0.05, 0.1) is 12.0 Å². The number of hydrogen-bond donors (Lipinski definition) is 1. The summed E-state index contributed by atoms with van der Waals surface area (Å²) < 4.78 is 5.74. The second-order valence-electron chi connectivity index (χ2n) is 9.91. The van der Waals surface area contributed by atoms with E-state index in [-0.39, 0.29) is 16.8 Å². The lowest BCUT2D eigenvalue weighted by molar-refractivity contribution is -0.165. The molecule has 27 heavy (non-hydrogen) atoms. The van der Waals surface area contributed by atoms with Crippen molar-refractivity contribution in [2.75, 3.05) is 25.4 Å². The van der Waals surface area contributed by atoms with Crippen molar-refractivity contribution in [2.45, 2.75) is 74.1 Å². The number of esters is 1. The van der Waals surface area contributed by atoms with Crippen LogP contribution in [0.25, 0.3) is 0 Å². The molecule has 0 N–H and O–H groups in total. The van der Waals surface area contributed by atoms with Crippen molar-refractivity contribution in [3.8, 4) is 0 Å². The number of hydrogen-bond acceptors (Lipinski definition) is 4. The van der Waals surface area contributed by atoms with E-state index in [2.05, 4.69) is 72.2 Å². The van der Waals surface area contributed by atoms with Gasteiger partial charge in [0.1, 0.15) is 0 Å². The van der Waals surface area contributed by atoms with Crippen LogP contribution in [0.3, 0.4) is 0 Å². The maximum atomic E-state index is 13.0. The molecule has 0 amide bonds. The fourth-order valence-electron chi connectivity index (χ4n) is 3.26. The fraction of sp³-hybridized carbons (Fsp3) is 0.783. The number of allylic oxidation sites excluding steroid dienone is 2. The van der Waals surface area contributed by atoms with Crippen LogP contribution < -0.4 is 0 Å². The molecule has 0 rings (SSSR count). The summed E-state index contributed by atoms with van der Waals surface area (Å²) in [6, 6.07) is 0. The number of ether oxygens (including phenoxy) is 1. The second-order valence-corrected chi connectivity index (χ2v) is 10.4. The van der Waals surface area contributed by atoms with E-state index in [1.54, 1.807) is 0 Å². The van der Waals surface area contributed by atoms with Gasteiger partial charge in [-0.15, -0.1) is 6.58 Å². The van der Waals surface area contributed by atoms with E-state index in [1.165, 1.54) is 0 Å². The van der Waals surface area contributed by atoms with Gasteiger partial charge in [-0.1, -0.05) is 54.2 Å². The van der Waals surface area contributed by atoms with E-state index in [0.717, 1.165) is 50.2 Å². The van der Waals surface area contributed by atoms with Crippen LogP contribution in [0.4, 0.5) is 0 Å². The smallest absolute Gasteiger partial charge is 0.312 e. The highest BCUT2D eigenvalue weighted by atomic mass is 32.1. The Labute approximate surface area is 174 Å². The van der Waals surface area contributed by atoms with Gasteiger partial charge in [0.2, 0.25) is 0 Å². The molecule has 0 aromatic heterocycles. The van der Waals surface area contributed by atoms with Crippen molar-refractivity contribution >= 4 is 18.6 Å². The Balaban J connectivity index is 4.76. The molecule has 4 heteroatoms. The van der Waals surface area contributed by atoms with Crippen molar-refractivity contribution in [2.24, 2.45) is 16.2 Å². The second kappa shape index (κ2) is 11.2. The van der Waals surface area contributed by atoms with Gasteiger partial charge in [-0.3, -0.25) is 4.79 Å². The van der Waals surface area contributed by atoms with E-state index < -0.39 is 5.41 Å². The summed E-state index contributed by atoms with van der Waals surface area (Å²) in [5.41, 5.74) is 0.494. The Bertz CT molecular complexity index is 488. The Morgan fingerprint density at radius 1 is 1.11 bits per heavy atom. The Hall–Kier alpha value is -0.900. The minimum Gasteiger partial charge on any atom is -0.465 e. The van der Waals surface area contributed by atoms with Gasteiger partial charge in [-0.2, -0.15) is 12.6 Å². The molecular weight excluding hydrogens is 354 g/mol. The predicted octanol–water partition coefficient (Wildman–Crippen LogP) is 6.12. The molecule has 1 atom stereocenters. The highest BCUT2D eigenvalue weighted by Crippen LogP contribution is 2.47. The van der Waals surface area contributed by atoms with E-state index >= 15 is 0 Å². The fourth-order valence-corrected chi connectivity index (χ4v) is 3.50. The zero-order valence-electron chi connectivity index (χ0n) is 18.9. The first-order valence-electron chi connectivity index (χ1n) is 10.1. The summed E-state index contributed by atoms with van der Waals surface area (Å²) in [6.07, 6.45) is 5.33. The monoisotopic (exact) mass is 397 g/mol. The van der Waals surface area contributed by atoms with Crippen molar-refractivity contribution in [3.05, 3.63) is 24.9 Å². The number of carbonyl (C=O) groups excluding carboxylic acids is 1. The Morgan fingerprint density at radius 3 is 2.15 bits per heavy atom. The molecule has 0 spiro atoms. The molecule has 0 aliphatic carbocycles. The lowest BCUT2D eigenvalue weighted by Crippen LogP contribution is -2.44. The number of carbonyl (C=O) groups is 1. The maximum absolute atomic E-state index is 13.0. The summed E-state index contributed by atoms with van der Waals surface area (Å²) in [7, 11) is 0. The standard InChI is InChI=1S/C23H43NO2S/c1-10-11-13-19(2)24(15-17-27)14-12-16-26-20(25)23(9,22(6,7)8)18-21(3,4)5/h10,27H,1-2,11-18H2,3-9H3. The molecule has 0 fully saturated rings. The SMILES string of the molecule is C=CCCC(=C)N(CCS)CCCOC(=O)C(C)(CC(C)(C)C)C(C)(C)C. The first kappa shape index (κ1) is 26.1. The molecule has 0 saturated carbocycles. The molecular formula is C23H43NO2S. The van der Waals surface area contributed by atoms with E-state index in [9.17, 15) is 4.79 Å². The third kappa shape index (κ3) is 9.23. The summed E-state index contributed by atoms with van der Waals surface area (Å²) in [5.74, 6) is 0.691. The van der Waals surface area contributed by atoms with Crippen molar-refractivity contribution in [3.63, 3.8) is 0 Å². The van der Waals surface area contributed by atoms with Gasteiger partial charge < -0.3 is 9.64 Å². The number of thiol groups is 1. The zero-order valence-corrected chi connectivity index (χ0v) is 19.8. The van der Waals surface area contributed by atoms with Crippen molar-refractivity contribution in [1.82, 2.24) is 4.90 Å². The van der Waals surface area contributed by atoms with Gasteiger partial charge in [-0.25, -0.2) is 0 Å². The maximum Gasteiger partial charge on any atom is 0.312 e. The Kier molecular flexibility index (Phi) is 10.8. The van der Waals surface area contributed by atoms with E-state index in [4.69, 9.17) is 4.74 Å². The highest BCUT2D eigenvalue weighted by molar-refractivity contribution is 7.80. The molecule has 3 nitrogen and oxygen atoms in total. The molecule has 158 valence electrons. The van der Waals surface area contributed by atoms with Gasteiger partial charge in [-0.05, 0) is 43.4 Å². The van der Waals surface area contributed by atoms with Gasteiger partial charge in [0.25, 0.3) is 0 Å². The summed E-state index contributed by atoms with van der Waals surface area (Å²) in [6.45, 7) is 25.0. The molecule has 0 radical (unpaired) electrons. The largest absolute Gasteiger partial charge is 0.465 e. The van der Waals surface area contributed by atoms with Crippen LogP contribution in [-0.4, -0.2) is 36.3 Å². The summed E-state index contributed by atoms with van der Waals surface area (Å²) in [4.78, 5) is 15.2. The normalized spacial score (nSPS) is 14.4. The third-order valence-electron chi connectivity index (χ3n) is 5.25. The van der Waals surface area contributed by atoms with Crippen LogP contribution in [0.1, 0.15) is 74.1 Å². The van der Waals surface area contributed by atoms with Crippen LogP contribution in [0.5, 0.6) is 0 Å². The van der Waals surface area contributed by atoms with Crippen LogP contribution in [0.15, 0.2) is 24.9 Å². The average molecular weight is 398 g/mol. The molecule has 0 aromatic carbocycles. The molecule has 0 aliphatic heterocycles. The van der Waals surface area contributed by atoms with Crippen LogP contribution in [-0.2, 0) is 9.53 Å². The first-order chi connectivity index (χ1) is 12.3. The molecule has 0 saturated heterocycles. The summed E-state index contributed by atoms with van der Waals surface area (Å²) in [5, 5.41) is 0. The van der Waals surface area contributed by atoms with E-state index in [0.29, 0.717) is 6.61 Å². The molecule has 0 aliphatic rings. The molecule has 0 aromatic rings. The van der Waals surface area contributed by atoms with E-state index in [1.807, 2.05) is 13.0 Å². The average Bonchev–Trinajstić information content (AvgIpc) is 2.52. The lowest BCUT2D eigenvalue weighted by atomic mass is 9.61. The number of nitrogens with zero attached hydrogens (tertiary/aromatic N) is 1. The lowest BCUT2D eigenvalue weighted by Gasteiger charge is -2.43. The zero-order chi connectivity index (χ0) is 21.3. The van der Waals surface area contributed by atoms with Crippen molar-refractivity contribution < 1.29 is 9.53 Å². The van der Waals surface area contributed by atoms with Gasteiger partial charge in [0.15, 0.2) is 0 Å². The molecule has 0 bridgehead atoms. The highest BCUT2D eigenvalue weighted by Gasteiger charge is 2.47. The van der Waals surface area contributed by atoms with Crippen LogP contribution in [0.2, 0.25) is 0 Å². The third-order valence-corrected chi connectivity index (χ3v) is 5.45.